The van der Waals surface area contributed by atoms with Gasteiger partial charge in [-0.3, -0.25) is 0 Å². The number of aliphatic imine (C=N–C) groups is 3. The molecule has 0 saturated heterocycles. The molecule has 7 rings (SSSR count). The Kier molecular flexibility index (Phi) is 6.13. The van der Waals surface area contributed by atoms with Gasteiger partial charge in [0.15, 0.2) is 0 Å². The van der Waals surface area contributed by atoms with Gasteiger partial charge in [-0.05, 0) is 88.0 Å². The maximum atomic E-state index is 5.65. The zero-order valence-electron chi connectivity index (χ0n) is 21.5. The van der Waals surface area contributed by atoms with Crippen LogP contribution in [0.15, 0.2) is 106 Å². The third kappa shape index (κ3) is 4.81. The van der Waals surface area contributed by atoms with Gasteiger partial charge in [0.05, 0.1) is 19.6 Å². The number of ether oxygens (including phenoxy) is 3. The van der Waals surface area contributed by atoms with Crippen molar-refractivity contribution in [3.63, 3.8) is 0 Å². The van der Waals surface area contributed by atoms with E-state index in [1.807, 2.05) is 0 Å². The maximum Gasteiger partial charge on any atom is 0.216 e. The largest absolute Gasteiger partial charge is 0.476 e. The summed E-state index contributed by atoms with van der Waals surface area (Å²) < 4.78 is 16.9. The second-order valence-electron chi connectivity index (χ2n) is 9.64. The summed E-state index contributed by atoms with van der Waals surface area (Å²) in [5.41, 5.74) is 9.85. The number of nitrogens with zero attached hydrogens (tertiary/aromatic N) is 3. The van der Waals surface area contributed by atoms with Gasteiger partial charge in [0.1, 0.15) is 19.8 Å². The summed E-state index contributed by atoms with van der Waals surface area (Å²) >= 11 is 0. The van der Waals surface area contributed by atoms with Crippen molar-refractivity contribution in [2.75, 3.05) is 39.5 Å². The van der Waals surface area contributed by atoms with Gasteiger partial charge in [-0.2, -0.15) is 0 Å². The first-order valence-electron chi connectivity index (χ1n) is 13.3. The lowest BCUT2D eigenvalue weighted by Crippen LogP contribution is -2.01. The molecule has 0 unspecified atom stereocenters. The minimum atomic E-state index is 0.652. The Labute approximate surface area is 227 Å². The first-order chi connectivity index (χ1) is 19.3. The minimum absolute atomic E-state index is 0.652. The topological polar surface area (TPSA) is 64.8 Å². The molecular weight excluding hydrogens is 486 g/mol. The number of rotatable bonds is 6. The summed E-state index contributed by atoms with van der Waals surface area (Å²) in [5.74, 6) is 2.17. The lowest BCUT2D eigenvalue weighted by atomic mass is 9.92. The molecule has 3 aliphatic rings. The Bertz CT molecular complexity index is 1400. The fourth-order valence-corrected chi connectivity index (χ4v) is 5.07. The Morgan fingerprint density at radius 2 is 0.590 bits per heavy atom. The van der Waals surface area contributed by atoms with E-state index in [1.165, 1.54) is 0 Å². The first kappa shape index (κ1) is 23.4. The van der Waals surface area contributed by atoms with Gasteiger partial charge in [0.2, 0.25) is 17.7 Å². The molecule has 0 saturated carbocycles. The lowest BCUT2D eigenvalue weighted by molar-refractivity contribution is 0.348. The smallest absolute Gasteiger partial charge is 0.216 e. The normalized spacial score (nSPS) is 16.2. The molecule has 0 amide bonds. The third-order valence-electron chi connectivity index (χ3n) is 7.08. The average Bonchev–Trinajstić information content (AvgIpc) is 3.82. The quantitative estimate of drug-likeness (QED) is 0.317. The van der Waals surface area contributed by atoms with Crippen molar-refractivity contribution in [3.05, 3.63) is 108 Å². The molecule has 0 aliphatic carbocycles. The van der Waals surface area contributed by atoms with Crippen LogP contribution in [0.5, 0.6) is 0 Å². The molecule has 0 spiro atoms. The molecule has 0 fully saturated rings. The van der Waals surface area contributed by atoms with E-state index in [9.17, 15) is 0 Å². The van der Waals surface area contributed by atoms with Crippen molar-refractivity contribution in [2.24, 2.45) is 15.0 Å². The summed E-state index contributed by atoms with van der Waals surface area (Å²) in [6, 6.07) is 32.1. The highest BCUT2D eigenvalue weighted by molar-refractivity contribution is 5.97. The molecule has 3 heterocycles. The van der Waals surface area contributed by atoms with Gasteiger partial charge in [-0.25, -0.2) is 15.0 Å². The Balaban J connectivity index is 1.27. The van der Waals surface area contributed by atoms with Crippen LogP contribution in [0, 0.1) is 0 Å². The third-order valence-corrected chi connectivity index (χ3v) is 7.08. The van der Waals surface area contributed by atoms with E-state index >= 15 is 0 Å². The first-order valence-corrected chi connectivity index (χ1v) is 13.3. The Hall–Kier alpha value is -4.71. The summed E-state index contributed by atoms with van der Waals surface area (Å²) in [6.45, 7) is 4.12. The highest BCUT2D eigenvalue weighted by Crippen LogP contribution is 2.34. The highest BCUT2D eigenvalue weighted by atomic mass is 16.5. The van der Waals surface area contributed by atoms with Crippen LogP contribution in [0.2, 0.25) is 0 Å². The Morgan fingerprint density at radius 3 is 0.821 bits per heavy atom. The van der Waals surface area contributed by atoms with E-state index in [0.717, 1.165) is 87.4 Å². The average molecular weight is 514 g/mol. The second kappa shape index (κ2) is 10.2. The molecular formula is C33H27N3O3. The van der Waals surface area contributed by atoms with Crippen LogP contribution >= 0.6 is 0 Å². The van der Waals surface area contributed by atoms with Crippen LogP contribution < -0.4 is 0 Å². The van der Waals surface area contributed by atoms with E-state index < -0.39 is 0 Å². The van der Waals surface area contributed by atoms with E-state index in [0.29, 0.717) is 19.8 Å². The Morgan fingerprint density at radius 1 is 0.333 bits per heavy atom. The number of hydrogen-bond donors (Lipinski definition) is 0. The van der Waals surface area contributed by atoms with Crippen molar-refractivity contribution in [1.82, 2.24) is 0 Å². The maximum absolute atomic E-state index is 5.65. The van der Waals surface area contributed by atoms with Gasteiger partial charge in [0, 0.05) is 16.7 Å². The highest BCUT2D eigenvalue weighted by Gasteiger charge is 2.14. The van der Waals surface area contributed by atoms with Crippen molar-refractivity contribution in [3.8, 4) is 33.4 Å². The lowest BCUT2D eigenvalue weighted by Gasteiger charge is -2.13. The standard InChI is InChI=1S/C33H27N3O3/c1-7-25(31-34-13-16-37-31)8-2-22(1)28-19-29(23-3-9-26(10-4-23)32-35-14-17-38-32)21-30(20-28)24-5-11-27(12-6-24)33-36-15-18-39-33/h1-12,19-21H,13-18H2. The fraction of sp³-hybridized carbons (Fsp3) is 0.182. The zero-order chi connectivity index (χ0) is 26.0. The summed E-state index contributed by atoms with van der Waals surface area (Å²) in [7, 11) is 0. The van der Waals surface area contributed by atoms with Crippen LogP contribution in [0.3, 0.4) is 0 Å². The number of benzene rings is 4. The van der Waals surface area contributed by atoms with Gasteiger partial charge in [-0.1, -0.05) is 36.4 Å². The molecule has 0 radical (unpaired) electrons. The molecule has 192 valence electrons. The molecule has 0 N–H and O–H groups in total. The fourth-order valence-electron chi connectivity index (χ4n) is 5.07. The summed E-state index contributed by atoms with van der Waals surface area (Å²) in [4.78, 5) is 13.3. The van der Waals surface area contributed by atoms with Crippen molar-refractivity contribution < 1.29 is 14.2 Å². The minimum Gasteiger partial charge on any atom is -0.476 e. The van der Waals surface area contributed by atoms with E-state index in [-0.39, 0.29) is 0 Å². The molecule has 4 aromatic carbocycles. The SMILES string of the molecule is c1cc(-c2cc(-c3ccc(C4=NCCO4)cc3)cc(-c3ccc(C4=NCCO4)cc3)c2)ccc1C1=NCCO1. The monoisotopic (exact) mass is 513 g/mol. The van der Waals surface area contributed by atoms with Gasteiger partial charge in [-0.15, -0.1) is 0 Å². The van der Waals surface area contributed by atoms with Crippen LogP contribution in [0.1, 0.15) is 16.7 Å². The van der Waals surface area contributed by atoms with Crippen LogP contribution in [-0.2, 0) is 14.2 Å². The van der Waals surface area contributed by atoms with E-state index in [1.54, 1.807) is 0 Å². The zero-order valence-corrected chi connectivity index (χ0v) is 21.5. The van der Waals surface area contributed by atoms with Gasteiger partial charge in [0.25, 0.3) is 0 Å². The predicted molar refractivity (Wildman–Crippen MR) is 155 cm³/mol. The van der Waals surface area contributed by atoms with Crippen molar-refractivity contribution in [2.45, 2.75) is 0 Å². The van der Waals surface area contributed by atoms with Gasteiger partial charge < -0.3 is 14.2 Å². The predicted octanol–water partition coefficient (Wildman–Crippen LogP) is 6.02. The number of hydrogen-bond acceptors (Lipinski definition) is 6. The molecule has 0 aromatic heterocycles. The van der Waals surface area contributed by atoms with Crippen molar-refractivity contribution >= 4 is 17.7 Å². The summed E-state index contributed by atoms with van der Waals surface area (Å²) in [5, 5.41) is 0. The van der Waals surface area contributed by atoms with Crippen LogP contribution in [0.25, 0.3) is 33.4 Å². The summed E-state index contributed by atoms with van der Waals surface area (Å²) in [6.07, 6.45) is 0. The van der Waals surface area contributed by atoms with Crippen molar-refractivity contribution in [1.29, 1.82) is 0 Å². The molecule has 39 heavy (non-hydrogen) atoms. The molecule has 3 aliphatic heterocycles. The second-order valence-corrected chi connectivity index (χ2v) is 9.64. The van der Waals surface area contributed by atoms with Crippen LogP contribution in [-0.4, -0.2) is 57.1 Å². The van der Waals surface area contributed by atoms with Crippen LogP contribution in [0.4, 0.5) is 0 Å². The van der Waals surface area contributed by atoms with E-state index in [2.05, 4.69) is 106 Å². The molecule has 0 bridgehead atoms. The molecule has 6 heteroatoms. The van der Waals surface area contributed by atoms with E-state index in [4.69, 9.17) is 14.2 Å². The van der Waals surface area contributed by atoms with Gasteiger partial charge >= 0.3 is 0 Å². The molecule has 6 nitrogen and oxygen atoms in total. The molecule has 4 aromatic rings. The molecule has 0 atom stereocenters.